The number of nitrogens with zero attached hydrogens (tertiary/aromatic N) is 11. The van der Waals surface area contributed by atoms with E-state index in [1.165, 1.54) is 6.08 Å². The summed E-state index contributed by atoms with van der Waals surface area (Å²) in [6.07, 6.45) is 9.35. The molecule has 0 bridgehead atoms. The summed E-state index contributed by atoms with van der Waals surface area (Å²) in [6.45, 7) is 9.39. The van der Waals surface area contributed by atoms with Gasteiger partial charge in [0.1, 0.15) is 22.4 Å². The van der Waals surface area contributed by atoms with Gasteiger partial charge < -0.3 is 26.8 Å². The molecule has 0 radical (unpaired) electrons. The van der Waals surface area contributed by atoms with Crippen LogP contribution in [0, 0.1) is 0 Å². The van der Waals surface area contributed by atoms with Crippen molar-refractivity contribution in [1.29, 1.82) is 0 Å². The Kier molecular flexibility index (Phi) is 13.0. The second kappa shape index (κ2) is 20.1. The summed E-state index contributed by atoms with van der Waals surface area (Å²) in [5.74, 6) is -0.650. The Morgan fingerprint density at radius 1 is 0.671 bits per heavy atom. The lowest BCUT2D eigenvalue weighted by Gasteiger charge is -2.32. The van der Waals surface area contributed by atoms with Crippen LogP contribution in [0.3, 0.4) is 0 Å². The summed E-state index contributed by atoms with van der Waals surface area (Å²) in [4.78, 5) is 48.9. The van der Waals surface area contributed by atoms with Gasteiger partial charge in [-0.1, -0.05) is 61.7 Å². The minimum absolute atomic E-state index is 0.0902. The van der Waals surface area contributed by atoms with Gasteiger partial charge in [-0.15, -0.1) is 0 Å². The number of carbonyl (C=O) groups is 2. The molecule has 0 aliphatic carbocycles. The lowest BCUT2D eigenvalue weighted by molar-refractivity contribution is -0.131. The number of para-hydroxylation sites is 2. The lowest BCUT2D eigenvalue weighted by Crippen LogP contribution is -2.40. The SMILES string of the molecule is C=CC(=O)N1CCC[C@@H](n2nc(-c3ccc4c(cnn4-c4ccccc4)c3)c3c(N)n[nH]c(=O)c32)C1.C=CC(=O)O.Nc1n[nH]c(=O)c2c1c(-c1ccc3c(cnn3-c3ccccc3)c1)nn2[C@@H]1CCCNC1. The number of nitrogens with two attached hydrogens (primary N) is 2. The van der Waals surface area contributed by atoms with Crippen molar-refractivity contribution in [2.24, 2.45) is 0 Å². The molecule has 10 aromatic rings. The van der Waals surface area contributed by atoms with Gasteiger partial charge in [0.05, 0.1) is 57.7 Å². The van der Waals surface area contributed by atoms with Crippen LogP contribution in [0.2, 0.25) is 0 Å². The van der Waals surface area contributed by atoms with E-state index in [9.17, 15) is 19.2 Å². The molecule has 12 rings (SSSR count). The molecule has 0 saturated carbocycles. The number of nitrogen functional groups attached to an aromatic ring is 2. The molecule has 2 aliphatic heterocycles. The van der Waals surface area contributed by atoms with Crippen LogP contribution in [0.1, 0.15) is 37.8 Å². The van der Waals surface area contributed by atoms with Gasteiger partial charge in [-0.2, -0.15) is 30.6 Å². The van der Waals surface area contributed by atoms with Crippen molar-refractivity contribution in [3.8, 4) is 33.9 Å². The topological polar surface area (TPSA) is 284 Å². The Morgan fingerprint density at radius 3 is 1.63 bits per heavy atom. The van der Waals surface area contributed by atoms with Gasteiger partial charge in [-0.25, -0.2) is 24.4 Å². The Balaban J connectivity index is 0.000000154. The molecule has 2 aliphatic rings. The fourth-order valence-corrected chi connectivity index (χ4v) is 9.60. The number of rotatable bonds is 8. The van der Waals surface area contributed by atoms with E-state index in [1.807, 2.05) is 117 Å². The van der Waals surface area contributed by atoms with Crippen molar-refractivity contribution in [2.75, 3.05) is 37.6 Å². The first-order valence-electron chi connectivity index (χ1n) is 23.6. The molecule has 4 aromatic carbocycles. The number of carboxylic acid groups (broad SMARTS) is 1. The second-order valence-corrected chi connectivity index (χ2v) is 17.6. The van der Waals surface area contributed by atoms with E-state index in [-0.39, 0.29) is 40.7 Å². The number of benzene rings is 4. The Hall–Kier alpha value is -9.50. The maximum absolute atomic E-state index is 12.9. The number of amides is 1. The van der Waals surface area contributed by atoms with Crippen LogP contribution in [0.4, 0.5) is 11.6 Å². The van der Waals surface area contributed by atoms with Crippen molar-refractivity contribution in [2.45, 2.75) is 37.8 Å². The summed E-state index contributed by atoms with van der Waals surface area (Å²) >= 11 is 0. The number of piperidine rings is 2. The van der Waals surface area contributed by atoms with Crippen LogP contribution in [0.5, 0.6) is 0 Å². The zero-order valence-electron chi connectivity index (χ0n) is 39.4. The van der Waals surface area contributed by atoms with Crippen molar-refractivity contribution in [1.82, 2.24) is 69.7 Å². The molecule has 21 nitrogen and oxygen atoms in total. The molecule has 2 fully saturated rings. The quantitative estimate of drug-likeness (QED) is 0.0961. The third kappa shape index (κ3) is 9.11. The number of fused-ring (bicyclic) bond motifs is 4. The molecule has 2 saturated heterocycles. The van der Waals surface area contributed by atoms with Crippen LogP contribution in [0.15, 0.2) is 144 Å². The predicted molar refractivity (Wildman–Crippen MR) is 279 cm³/mol. The largest absolute Gasteiger partial charge is 0.478 e. The second-order valence-electron chi connectivity index (χ2n) is 17.6. The zero-order chi connectivity index (χ0) is 50.8. The number of hydrogen-bond donors (Lipinski definition) is 6. The van der Waals surface area contributed by atoms with Crippen LogP contribution in [0.25, 0.3) is 77.5 Å². The van der Waals surface area contributed by atoms with Crippen LogP contribution >= 0.6 is 0 Å². The van der Waals surface area contributed by atoms with Gasteiger partial charge in [0.15, 0.2) is 11.6 Å². The minimum Gasteiger partial charge on any atom is -0.478 e. The fraction of sp³-hybridized carbons (Fsp3) is 0.192. The molecule has 21 heteroatoms. The van der Waals surface area contributed by atoms with Gasteiger partial charge in [0.25, 0.3) is 11.1 Å². The molecular weight excluding hydrogens is 929 g/mol. The number of H-pyrrole nitrogens is 2. The first-order chi connectivity index (χ1) is 35.5. The maximum Gasteiger partial charge on any atom is 0.327 e. The average Bonchev–Trinajstić information content (AvgIpc) is 4.26. The monoisotopic (exact) mass is 978 g/mol. The van der Waals surface area contributed by atoms with Gasteiger partial charge in [0, 0.05) is 47.6 Å². The van der Waals surface area contributed by atoms with E-state index in [1.54, 1.807) is 15.8 Å². The number of aliphatic carboxylic acids is 1. The van der Waals surface area contributed by atoms with Crippen LogP contribution in [-0.2, 0) is 9.59 Å². The summed E-state index contributed by atoms with van der Waals surface area (Å²) in [5, 5.41) is 45.9. The highest BCUT2D eigenvalue weighted by Gasteiger charge is 2.30. The van der Waals surface area contributed by atoms with Gasteiger partial charge in [-0.05, 0) is 86.8 Å². The Labute approximate surface area is 415 Å². The zero-order valence-corrected chi connectivity index (χ0v) is 39.4. The number of nitrogens with one attached hydrogen (secondary N) is 3. The molecule has 73 heavy (non-hydrogen) atoms. The normalized spacial score (nSPS) is 15.6. The average molecular weight is 979 g/mol. The minimum atomic E-state index is -0.981. The summed E-state index contributed by atoms with van der Waals surface area (Å²) in [6, 6.07) is 31.8. The molecule has 368 valence electrons. The van der Waals surface area contributed by atoms with Gasteiger partial charge in [-0.3, -0.25) is 23.7 Å². The third-order valence-corrected chi connectivity index (χ3v) is 13.0. The fourth-order valence-electron chi connectivity index (χ4n) is 9.60. The third-order valence-electron chi connectivity index (χ3n) is 13.0. The molecule has 1 amide bonds. The Morgan fingerprint density at radius 2 is 1.16 bits per heavy atom. The van der Waals surface area contributed by atoms with E-state index in [4.69, 9.17) is 26.8 Å². The Bertz CT molecular complexity index is 3830. The number of carboxylic acids is 1. The number of hydrogen-bond acceptors (Lipinski definition) is 13. The van der Waals surface area contributed by atoms with E-state index < -0.39 is 5.97 Å². The predicted octanol–water partition coefficient (Wildman–Crippen LogP) is 5.95. The van der Waals surface area contributed by atoms with E-state index >= 15 is 0 Å². The molecular formula is C52H50N16O5. The van der Waals surface area contributed by atoms with Crippen molar-refractivity contribution in [3.63, 3.8) is 0 Å². The summed E-state index contributed by atoms with van der Waals surface area (Å²) in [7, 11) is 0. The highest BCUT2D eigenvalue weighted by molar-refractivity contribution is 6.02. The maximum atomic E-state index is 12.9. The van der Waals surface area contributed by atoms with Crippen LogP contribution < -0.4 is 27.9 Å². The highest BCUT2D eigenvalue weighted by atomic mass is 16.4. The highest BCUT2D eigenvalue weighted by Crippen LogP contribution is 2.36. The first kappa shape index (κ1) is 47.2. The number of aromatic nitrogens is 12. The number of likely N-dealkylation sites (tertiary alicyclic amines) is 1. The molecule has 6 aromatic heterocycles. The number of carbonyl (C=O) groups excluding carboxylic acids is 1. The molecule has 2 atom stereocenters. The molecule has 8 heterocycles. The lowest BCUT2D eigenvalue weighted by atomic mass is 10.1. The van der Waals surface area contributed by atoms with Crippen molar-refractivity contribution >= 4 is 67.1 Å². The smallest absolute Gasteiger partial charge is 0.327 e. The molecule has 0 spiro atoms. The van der Waals surface area contributed by atoms with Crippen LogP contribution in [-0.4, -0.2) is 108 Å². The standard InChI is InChI=1S/C26H24N8O2.C23H22N8O.C3H4O2/c1-2-21(35)32-12-6-9-19(15-32)34-24-22(25(27)29-30-26(24)36)23(31-34)16-10-11-20-17(13-16)14-28-33(20)18-7-4-3-5-8-18;24-22-19-20(29-31(17-7-4-10-25-13-17)21(19)23(32)28-27-22)14-8-9-18-15(11-14)12-26-30(18)16-5-2-1-3-6-16;1-2-3(4)5/h2-5,7-8,10-11,13-14,19H,1,6,9,12,15H2,(H2,27,29)(H,30,36);1-3,5-6,8-9,11-12,17,25H,4,7,10,13H2,(H2,24,27)(H,28,32);2H,1H2,(H,4,5)/t19-;17-;/m11./s1. The van der Waals surface area contributed by atoms with E-state index in [2.05, 4.69) is 49.1 Å². The molecule has 8 N–H and O–H groups in total. The van der Waals surface area contributed by atoms with Crippen molar-refractivity contribution in [3.05, 3.63) is 155 Å². The number of anilines is 2. The summed E-state index contributed by atoms with van der Waals surface area (Å²) < 4.78 is 7.32. The summed E-state index contributed by atoms with van der Waals surface area (Å²) in [5.41, 5.74) is 19.5. The van der Waals surface area contributed by atoms with Gasteiger partial charge >= 0.3 is 5.97 Å². The van der Waals surface area contributed by atoms with E-state index in [0.717, 1.165) is 89.2 Å². The molecule has 0 unspecified atom stereocenters. The van der Waals surface area contributed by atoms with Crippen molar-refractivity contribution < 1.29 is 14.7 Å². The first-order valence-corrected chi connectivity index (χ1v) is 23.6. The number of aromatic amines is 2. The van der Waals surface area contributed by atoms with E-state index in [0.29, 0.717) is 46.3 Å². The van der Waals surface area contributed by atoms with Gasteiger partial charge in [0.2, 0.25) is 5.91 Å².